The van der Waals surface area contributed by atoms with E-state index in [-0.39, 0.29) is 5.41 Å². The lowest BCUT2D eigenvalue weighted by Crippen LogP contribution is -2.31. The number of fused-ring (bicyclic) bond motifs is 3. The summed E-state index contributed by atoms with van der Waals surface area (Å²) in [5, 5.41) is 4.89. The van der Waals surface area contributed by atoms with Gasteiger partial charge in [0.15, 0.2) is 5.71 Å². The summed E-state index contributed by atoms with van der Waals surface area (Å²) in [6.45, 7) is 2.46. The highest BCUT2D eigenvalue weighted by Crippen LogP contribution is 2.48. The van der Waals surface area contributed by atoms with Crippen molar-refractivity contribution in [3.63, 3.8) is 0 Å². The van der Waals surface area contributed by atoms with Gasteiger partial charge in [0.2, 0.25) is 5.69 Å². The zero-order chi connectivity index (χ0) is 19.8. The number of hydrogen-bond acceptors (Lipinski definition) is 1. The third-order valence-corrected chi connectivity index (χ3v) is 7.50. The highest BCUT2D eigenvalue weighted by atomic mass is 32.1. The SMILES string of the molecule is C[N+]1=C(C=Cc2cccs2)C(C)(CC2=CCCCC2)c2c1ccc1ccccc21. The van der Waals surface area contributed by atoms with Crippen molar-refractivity contribution in [2.75, 3.05) is 7.05 Å². The van der Waals surface area contributed by atoms with E-state index in [1.165, 1.54) is 58.3 Å². The normalized spacial score (nSPS) is 21.8. The average molecular weight is 399 g/mol. The number of nitrogens with zero attached hydrogens (tertiary/aromatic N) is 1. The standard InChI is InChI=1S/C27H28NS/c1-27(19-20-9-4-3-5-10-20)25(17-15-22-12-8-18-29-22)28(2)24-16-14-21-11-6-7-13-23(21)26(24)27/h6-9,11-18H,3-5,10,19H2,1-2H3/q+1. The lowest BCUT2D eigenvalue weighted by Gasteiger charge is -2.26. The smallest absolute Gasteiger partial charge is 0.198 e. The fourth-order valence-electron chi connectivity index (χ4n) is 5.29. The van der Waals surface area contributed by atoms with Gasteiger partial charge >= 0.3 is 0 Å². The predicted molar refractivity (Wildman–Crippen MR) is 127 cm³/mol. The Morgan fingerprint density at radius 1 is 1.03 bits per heavy atom. The molecule has 146 valence electrons. The zero-order valence-corrected chi connectivity index (χ0v) is 18.1. The van der Waals surface area contributed by atoms with Crippen LogP contribution in [0.25, 0.3) is 16.8 Å². The Balaban J connectivity index is 1.68. The molecule has 2 aliphatic rings. The van der Waals surface area contributed by atoms with E-state index in [1.807, 2.05) is 0 Å². The molecule has 1 aromatic heterocycles. The minimum Gasteiger partial charge on any atom is -0.198 e. The van der Waals surface area contributed by atoms with Gasteiger partial charge in [-0.25, -0.2) is 0 Å². The molecule has 0 N–H and O–H groups in total. The molecule has 2 heteroatoms. The Bertz CT molecular complexity index is 1150. The van der Waals surface area contributed by atoms with Crippen molar-refractivity contribution in [1.29, 1.82) is 0 Å². The molecular formula is C27H28NS+. The van der Waals surface area contributed by atoms with Crippen LogP contribution in [-0.2, 0) is 5.41 Å². The molecular weight excluding hydrogens is 370 g/mol. The summed E-state index contributed by atoms with van der Waals surface area (Å²) in [5.74, 6) is 0. The molecule has 1 nitrogen and oxygen atoms in total. The second kappa shape index (κ2) is 7.42. The summed E-state index contributed by atoms with van der Waals surface area (Å²) >= 11 is 1.80. The van der Waals surface area contributed by atoms with Gasteiger partial charge in [-0.15, -0.1) is 11.3 Å². The van der Waals surface area contributed by atoms with E-state index >= 15 is 0 Å². The predicted octanol–water partition coefficient (Wildman–Crippen LogP) is 7.49. The third-order valence-electron chi connectivity index (χ3n) is 6.66. The van der Waals surface area contributed by atoms with Crippen LogP contribution >= 0.6 is 11.3 Å². The monoisotopic (exact) mass is 398 g/mol. The molecule has 1 atom stereocenters. The van der Waals surface area contributed by atoms with Gasteiger partial charge in [0.05, 0.1) is 5.41 Å². The van der Waals surface area contributed by atoms with Crippen LogP contribution in [0.2, 0.25) is 0 Å². The van der Waals surface area contributed by atoms with E-state index in [1.54, 1.807) is 16.9 Å². The molecule has 5 rings (SSSR count). The second-order valence-electron chi connectivity index (χ2n) is 8.59. The van der Waals surface area contributed by atoms with Crippen LogP contribution in [0.1, 0.15) is 49.5 Å². The van der Waals surface area contributed by atoms with Crippen LogP contribution in [0.15, 0.2) is 71.6 Å². The number of rotatable bonds is 4. The molecule has 29 heavy (non-hydrogen) atoms. The first-order chi connectivity index (χ1) is 14.2. The average Bonchev–Trinajstić information content (AvgIpc) is 3.33. The van der Waals surface area contributed by atoms with Crippen molar-refractivity contribution >= 4 is 39.6 Å². The maximum absolute atomic E-state index is 2.51. The molecule has 2 heterocycles. The van der Waals surface area contributed by atoms with Gasteiger partial charge in [-0.3, -0.25) is 0 Å². The fraction of sp³-hybridized carbons (Fsp3) is 0.296. The van der Waals surface area contributed by atoms with Gasteiger partial charge in [0.1, 0.15) is 7.05 Å². The van der Waals surface area contributed by atoms with Gasteiger partial charge in [-0.05, 0) is 73.4 Å². The van der Waals surface area contributed by atoms with Crippen LogP contribution in [0.3, 0.4) is 0 Å². The van der Waals surface area contributed by atoms with Gasteiger partial charge in [-0.2, -0.15) is 4.58 Å². The fourth-order valence-corrected chi connectivity index (χ4v) is 5.91. The summed E-state index contributed by atoms with van der Waals surface area (Å²) in [4.78, 5) is 1.31. The minimum atomic E-state index is -0.0120. The topological polar surface area (TPSA) is 3.01 Å². The molecule has 2 aromatic carbocycles. The van der Waals surface area contributed by atoms with Crippen LogP contribution in [0.4, 0.5) is 5.69 Å². The van der Waals surface area contributed by atoms with Gasteiger partial charge in [0.25, 0.3) is 0 Å². The first-order valence-electron chi connectivity index (χ1n) is 10.7. The lowest BCUT2D eigenvalue weighted by molar-refractivity contribution is -0.401. The van der Waals surface area contributed by atoms with E-state index in [9.17, 15) is 0 Å². The van der Waals surface area contributed by atoms with Crippen molar-refractivity contribution in [3.8, 4) is 0 Å². The van der Waals surface area contributed by atoms with E-state index in [4.69, 9.17) is 0 Å². The first-order valence-corrected chi connectivity index (χ1v) is 11.6. The maximum atomic E-state index is 2.51. The van der Waals surface area contributed by atoms with E-state index < -0.39 is 0 Å². The number of benzene rings is 2. The zero-order valence-electron chi connectivity index (χ0n) is 17.3. The maximum Gasteiger partial charge on any atom is 0.210 e. The number of hydrogen-bond donors (Lipinski definition) is 0. The van der Waals surface area contributed by atoms with Crippen molar-refractivity contribution in [1.82, 2.24) is 0 Å². The molecule has 0 saturated heterocycles. The molecule has 1 unspecified atom stereocenters. The van der Waals surface area contributed by atoms with E-state index in [0.29, 0.717) is 0 Å². The molecule has 0 saturated carbocycles. The highest BCUT2D eigenvalue weighted by molar-refractivity contribution is 7.10. The molecule has 0 radical (unpaired) electrons. The summed E-state index contributed by atoms with van der Waals surface area (Å²) in [6, 6.07) is 17.8. The quantitative estimate of drug-likeness (QED) is 0.316. The van der Waals surface area contributed by atoms with Gasteiger partial charge < -0.3 is 0 Å². The molecule has 0 amide bonds. The molecule has 0 fully saturated rings. The van der Waals surface area contributed by atoms with Crippen molar-refractivity contribution in [2.45, 2.75) is 44.4 Å². The van der Waals surface area contributed by atoms with Crippen LogP contribution in [0.5, 0.6) is 0 Å². The largest absolute Gasteiger partial charge is 0.210 e. The first kappa shape index (κ1) is 18.6. The summed E-state index contributed by atoms with van der Waals surface area (Å²) in [5.41, 5.74) is 5.88. The molecule has 1 aliphatic carbocycles. The minimum absolute atomic E-state index is 0.0120. The second-order valence-corrected chi connectivity index (χ2v) is 9.57. The Labute approximate surface area is 177 Å². The highest BCUT2D eigenvalue weighted by Gasteiger charge is 2.48. The van der Waals surface area contributed by atoms with E-state index in [0.717, 1.165) is 6.42 Å². The molecule has 0 bridgehead atoms. The van der Waals surface area contributed by atoms with Gasteiger partial charge in [0, 0.05) is 22.6 Å². The Morgan fingerprint density at radius 2 is 1.93 bits per heavy atom. The number of allylic oxidation sites excluding steroid dienone is 3. The van der Waals surface area contributed by atoms with Crippen LogP contribution in [-0.4, -0.2) is 17.3 Å². The van der Waals surface area contributed by atoms with Crippen molar-refractivity contribution in [2.24, 2.45) is 0 Å². The van der Waals surface area contributed by atoms with Crippen molar-refractivity contribution < 1.29 is 4.58 Å². The Hall–Kier alpha value is -2.45. The van der Waals surface area contributed by atoms with E-state index in [2.05, 4.69) is 90.7 Å². The molecule has 1 aliphatic heterocycles. The van der Waals surface area contributed by atoms with Crippen LogP contribution in [0, 0.1) is 0 Å². The Kier molecular flexibility index (Phi) is 4.75. The molecule has 0 spiro atoms. The van der Waals surface area contributed by atoms with Crippen molar-refractivity contribution in [3.05, 3.63) is 82.1 Å². The summed E-state index contributed by atoms with van der Waals surface area (Å²) in [7, 11) is 2.24. The molecule has 3 aromatic rings. The summed E-state index contributed by atoms with van der Waals surface area (Å²) in [6.07, 6.45) is 13.4. The summed E-state index contributed by atoms with van der Waals surface area (Å²) < 4.78 is 2.43. The number of thiophene rings is 1. The van der Waals surface area contributed by atoms with Crippen LogP contribution < -0.4 is 0 Å². The van der Waals surface area contributed by atoms with Gasteiger partial charge in [-0.1, -0.05) is 42.0 Å². The lowest BCUT2D eigenvalue weighted by atomic mass is 9.71. The Morgan fingerprint density at radius 3 is 2.72 bits per heavy atom. The third kappa shape index (κ3) is 3.20.